The van der Waals surface area contributed by atoms with Gasteiger partial charge in [-0.15, -0.1) is 0 Å². The Hall–Kier alpha value is -1.81. The highest BCUT2D eigenvalue weighted by atomic mass is 16.2. The molecule has 1 heterocycles. The molecule has 0 aliphatic heterocycles. The van der Waals surface area contributed by atoms with Gasteiger partial charge in [-0.1, -0.05) is 13.8 Å². The maximum absolute atomic E-state index is 8.91. The summed E-state index contributed by atoms with van der Waals surface area (Å²) in [5.74, 6) is 0.874. The predicted octanol–water partition coefficient (Wildman–Crippen LogP) is 3.03. The molecule has 0 fully saturated rings. The molecule has 0 radical (unpaired) electrons. The number of hydrogen-bond donors (Lipinski definition) is 3. The first kappa shape index (κ1) is 14.6. The highest BCUT2D eigenvalue weighted by Crippen LogP contribution is 2.23. The molecule has 1 aromatic carbocycles. The van der Waals surface area contributed by atoms with Gasteiger partial charge in [-0.05, 0) is 48.6 Å². The highest BCUT2D eigenvalue weighted by Gasteiger charge is 2.17. The number of fused-ring (bicyclic) bond motifs is 1. The van der Waals surface area contributed by atoms with Crippen molar-refractivity contribution in [2.24, 2.45) is 5.41 Å². The molecular weight excluding hydrogens is 250 g/mol. The van der Waals surface area contributed by atoms with E-state index in [9.17, 15) is 0 Å². The summed E-state index contributed by atoms with van der Waals surface area (Å²) in [6.45, 7) is 5.47. The highest BCUT2D eigenvalue weighted by molar-refractivity contribution is 5.83. The van der Waals surface area contributed by atoms with Crippen molar-refractivity contribution in [3.63, 3.8) is 0 Å². The Kier molecular flexibility index (Phi) is 4.45. The van der Waals surface area contributed by atoms with Crippen molar-refractivity contribution in [3.05, 3.63) is 30.3 Å². The molecule has 0 aliphatic rings. The topological polar surface area (TPSA) is 71.2 Å². The Morgan fingerprint density at radius 3 is 2.80 bits per heavy atom. The van der Waals surface area contributed by atoms with Gasteiger partial charge in [0.05, 0.1) is 5.52 Å². The summed E-state index contributed by atoms with van der Waals surface area (Å²) in [5, 5.41) is 13.3. The fraction of sp³-hybridized carbons (Fsp3) is 0.438. The third-order valence-electron chi connectivity index (χ3n) is 3.47. The number of nitrogens with zero attached hydrogens (tertiary/aromatic N) is 1. The van der Waals surface area contributed by atoms with E-state index in [2.05, 4.69) is 24.1 Å². The molecule has 0 saturated carbocycles. The minimum absolute atomic E-state index is 0.139. The molecule has 20 heavy (non-hydrogen) atoms. The van der Waals surface area contributed by atoms with E-state index in [1.165, 1.54) is 0 Å². The monoisotopic (exact) mass is 273 g/mol. The van der Waals surface area contributed by atoms with Crippen LogP contribution in [0.5, 0.6) is 0 Å². The van der Waals surface area contributed by atoms with E-state index in [1.807, 2.05) is 30.3 Å². The average Bonchev–Trinajstić information content (AvgIpc) is 2.43. The van der Waals surface area contributed by atoms with Crippen molar-refractivity contribution in [1.82, 2.24) is 4.98 Å². The van der Waals surface area contributed by atoms with Crippen LogP contribution in [0.15, 0.2) is 30.3 Å². The van der Waals surface area contributed by atoms with Crippen molar-refractivity contribution in [1.29, 1.82) is 0 Å². The summed E-state index contributed by atoms with van der Waals surface area (Å²) in [4.78, 5) is 4.58. The molecule has 108 valence electrons. The lowest BCUT2D eigenvalue weighted by atomic mass is 9.88. The number of benzene rings is 1. The van der Waals surface area contributed by atoms with Gasteiger partial charge in [0, 0.05) is 24.2 Å². The van der Waals surface area contributed by atoms with E-state index in [1.54, 1.807) is 0 Å². The predicted molar refractivity (Wildman–Crippen MR) is 84.7 cm³/mol. The molecule has 0 amide bonds. The van der Waals surface area contributed by atoms with Gasteiger partial charge in [-0.2, -0.15) is 0 Å². The van der Waals surface area contributed by atoms with Crippen molar-refractivity contribution in [2.75, 3.05) is 24.2 Å². The van der Waals surface area contributed by atoms with E-state index in [4.69, 9.17) is 10.8 Å². The van der Waals surface area contributed by atoms with Gasteiger partial charge in [0.25, 0.3) is 0 Å². The second kappa shape index (κ2) is 6.09. The number of aliphatic hydroxyl groups excluding tert-OH is 1. The molecule has 0 spiro atoms. The van der Waals surface area contributed by atoms with E-state index in [0.29, 0.717) is 0 Å². The lowest BCUT2D eigenvalue weighted by molar-refractivity contribution is 0.248. The molecule has 2 aromatic rings. The Balaban J connectivity index is 2.05. The van der Waals surface area contributed by atoms with Crippen LogP contribution >= 0.6 is 0 Å². The smallest absolute Gasteiger partial charge is 0.126 e. The maximum Gasteiger partial charge on any atom is 0.126 e. The van der Waals surface area contributed by atoms with Crippen molar-refractivity contribution >= 4 is 22.4 Å². The molecule has 0 aliphatic carbocycles. The zero-order valence-corrected chi connectivity index (χ0v) is 12.2. The van der Waals surface area contributed by atoms with Crippen molar-refractivity contribution in [2.45, 2.75) is 26.7 Å². The first-order chi connectivity index (χ1) is 9.50. The minimum Gasteiger partial charge on any atom is -0.399 e. The molecular formula is C16H23N3O. The lowest BCUT2D eigenvalue weighted by Gasteiger charge is -2.25. The van der Waals surface area contributed by atoms with Crippen LogP contribution < -0.4 is 11.1 Å². The van der Waals surface area contributed by atoms with Crippen LogP contribution in [0.25, 0.3) is 10.9 Å². The molecule has 1 aromatic heterocycles. The van der Waals surface area contributed by atoms with E-state index in [0.717, 1.165) is 41.8 Å². The number of nitrogen functional groups attached to an aromatic ring is 1. The normalized spacial score (nSPS) is 11.8. The quantitative estimate of drug-likeness (QED) is 0.707. The maximum atomic E-state index is 8.91. The summed E-state index contributed by atoms with van der Waals surface area (Å²) in [7, 11) is 0. The third kappa shape index (κ3) is 3.84. The van der Waals surface area contributed by atoms with Crippen LogP contribution in [-0.4, -0.2) is 23.2 Å². The lowest BCUT2D eigenvalue weighted by Crippen LogP contribution is -2.23. The number of pyridine rings is 1. The second-order valence-corrected chi connectivity index (χ2v) is 5.99. The van der Waals surface area contributed by atoms with Gasteiger partial charge in [-0.3, -0.25) is 0 Å². The number of rotatable bonds is 6. The number of nitrogens with one attached hydrogen (secondary N) is 1. The Morgan fingerprint density at radius 1 is 1.25 bits per heavy atom. The molecule has 0 saturated heterocycles. The molecule has 4 heteroatoms. The third-order valence-corrected chi connectivity index (χ3v) is 3.47. The van der Waals surface area contributed by atoms with Crippen LogP contribution in [0.2, 0.25) is 0 Å². The summed E-state index contributed by atoms with van der Waals surface area (Å²) in [6, 6.07) is 9.74. The number of nitrogens with two attached hydrogens (primary N) is 1. The van der Waals surface area contributed by atoms with Gasteiger partial charge < -0.3 is 16.2 Å². The number of anilines is 2. The standard InChI is InChI=1S/C16H23N3O/c1-16(2,8-3-9-20)11-18-15-7-4-12-10-13(17)5-6-14(12)19-15/h4-7,10,20H,3,8-9,11,17H2,1-2H3,(H,18,19). The Labute approximate surface area is 120 Å². The van der Waals surface area contributed by atoms with Gasteiger partial charge in [0.15, 0.2) is 0 Å². The van der Waals surface area contributed by atoms with E-state index >= 15 is 0 Å². The zero-order chi connectivity index (χ0) is 14.6. The molecule has 2 rings (SSSR count). The van der Waals surface area contributed by atoms with Crippen molar-refractivity contribution in [3.8, 4) is 0 Å². The first-order valence-electron chi connectivity index (χ1n) is 7.01. The Morgan fingerprint density at radius 2 is 2.05 bits per heavy atom. The first-order valence-corrected chi connectivity index (χ1v) is 7.01. The van der Waals surface area contributed by atoms with Crippen molar-refractivity contribution < 1.29 is 5.11 Å². The molecule has 0 atom stereocenters. The molecule has 4 nitrogen and oxygen atoms in total. The Bertz CT molecular complexity index is 581. The largest absolute Gasteiger partial charge is 0.399 e. The van der Waals surface area contributed by atoms with Crippen LogP contribution in [0.4, 0.5) is 11.5 Å². The molecule has 4 N–H and O–H groups in total. The summed E-state index contributed by atoms with van der Waals surface area (Å²) in [6.07, 6.45) is 1.82. The number of aromatic nitrogens is 1. The summed E-state index contributed by atoms with van der Waals surface area (Å²) in [5.41, 5.74) is 7.60. The van der Waals surface area contributed by atoms with Crippen LogP contribution in [0, 0.1) is 5.41 Å². The van der Waals surface area contributed by atoms with Gasteiger partial charge in [0.1, 0.15) is 5.82 Å². The van der Waals surface area contributed by atoms with Crippen LogP contribution in [0.3, 0.4) is 0 Å². The fourth-order valence-electron chi connectivity index (χ4n) is 2.22. The second-order valence-electron chi connectivity index (χ2n) is 5.99. The van der Waals surface area contributed by atoms with Gasteiger partial charge in [-0.25, -0.2) is 4.98 Å². The van der Waals surface area contributed by atoms with E-state index < -0.39 is 0 Å². The fourth-order valence-corrected chi connectivity index (χ4v) is 2.22. The van der Waals surface area contributed by atoms with Gasteiger partial charge >= 0.3 is 0 Å². The van der Waals surface area contributed by atoms with Gasteiger partial charge in [0.2, 0.25) is 0 Å². The average molecular weight is 273 g/mol. The van der Waals surface area contributed by atoms with Crippen LogP contribution in [0.1, 0.15) is 26.7 Å². The number of aliphatic hydroxyl groups is 1. The zero-order valence-electron chi connectivity index (χ0n) is 12.2. The minimum atomic E-state index is 0.139. The SMILES string of the molecule is CC(C)(CCCO)CNc1ccc2cc(N)ccc2n1. The molecule has 0 bridgehead atoms. The van der Waals surface area contributed by atoms with Crippen LogP contribution in [-0.2, 0) is 0 Å². The summed E-state index contributed by atoms with van der Waals surface area (Å²) < 4.78 is 0. The number of hydrogen-bond acceptors (Lipinski definition) is 4. The summed E-state index contributed by atoms with van der Waals surface area (Å²) >= 11 is 0. The molecule has 0 unspecified atom stereocenters. The van der Waals surface area contributed by atoms with E-state index in [-0.39, 0.29) is 12.0 Å².